The number of benzene rings is 1. The Morgan fingerprint density at radius 3 is 2.50 bits per heavy atom. The van der Waals surface area contributed by atoms with Crippen molar-refractivity contribution in [3.8, 4) is 0 Å². The summed E-state index contributed by atoms with van der Waals surface area (Å²) in [6, 6.07) is 7.16. The molecule has 0 aliphatic carbocycles. The van der Waals surface area contributed by atoms with Gasteiger partial charge in [0, 0.05) is 24.1 Å². The van der Waals surface area contributed by atoms with Crippen molar-refractivity contribution in [1.82, 2.24) is 5.32 Å². The molecule has 0 atom stereocenters. The second-order valence-electron chi connectivity index (χ2n) is 4.83. The van der Waals surface area contributed by atoms with E-state index in [9.17, 15) is 4.79 Å². The minimum Gasteiger partial charge on any atom is -0.312 e. The van der Waals surface area contributed by atoms with Crippen LogP contribution in [0.15, 0.2) is 24.3 Å². The normalized spacial score (nSPS) is 11.5. The van der Waals surface area contributed by atoms with Gasteiger partial charge in [-0.25, -0.2) is 0 Å². The average molecular weight is 240 g/mol. The molecular weight excluding hydrogens is 222 g/mol. The second-order valence-corrected chi connectivity index (χ2v) is 5.24. The maximum Gasteiger partial charge on any atom is 0.165 e. The first-order valence-corrected chi connectivity index (χ1v) is 5.81. The SMILES string of the molecule is CC(C)(C)NCCC(=O)c1ccccc1Cl. The fourth-order valence-corrected chi connectivity index (χ4v) is 1.61. The van der Waals surface area contributed by atoms with Crippen LogP contribution in [0.1, 0.15) is 37.6 Å². The van der Waals surface area contributed by atoms with Crippen molar-refractivity contribution in [3.05, 3.63) is 34.9 Å². The van der Waals surface area contributed by atoms with E-state index in [0.29, 0.717) is 23.6 Å². The van der Waals surface area contributed by atoms with E-state index in [-0.39, 0.29) is 11.3 Å². The van der Waals surface area contributed by atoms with Gasteiger partial charge in [-0.1, -0.05) is 23.7 Å². The molecule has 2 nitrogen and oxygen atoms in total. The summed E-state index contributed by atoms with van der Waals surface area (Å²) in [7, 11) is 0. The molecule has 0 aliphatic heterocycles. The molecule has 1 aromatic carbocycles. The molecule has 0 saturated heterocycles. The molecule has 0 fully saturated rings. The topological polar surface area (TPSA) is 29.1 Å². The van der Waals surface area contributed by atoms with Crippen LogP contribution in [-0.2, 0) is 0 Å². The Kier molecular flexibility index (Phi) is 4.51. The minimum absolute atomic E-state index is 0.0424. The lowest BCUT2D eigenvalue weighted by Crippen LogP contribution is -2.37. The van der Waals surface area contributed by atoms with Crippen molar-refractivity contribution in [2.45, 2.75) is 32.7 Å². The first-order chi connectivity index (χ1) is 7.40. The zero-order valence-electron chi connectivity index (χ0n) is 10.0. The van der Waals surface area contributed by atoms with Crippen LogP contribution in [0.3, 0.4) is 0 Å². The zero-order chi connectivity index (χ0) is 12.2. The monoisotopic (exact) mass is 239 g/mol. The molecule has 0 aliphatic rings. The molecule has 0 spiro atoms. The lowest BCUT2D eigenvalue weighted by Gasteiger charge is -2.20. The number of Topliss-reactive ketones (excluding diaryl/α,β-unsaturated/α-hetero) is 1. The maximum absolute atomic E-state index is 11.8. The van der Waals surface area contributed by atoms with Crippen molar-refractivity contribution in [2.24, 2.45) is 0 Å². The third-order valence-electron chi connectivity index (χ3n) is 2.18. The number of ketones is 1. The predicted molar refractivity (Wildman–Crippen MR) is 68.2 cm³/mol. The van der Waals surface area contributed by atoms with Crippen molar-refractivity contribution in [1.29, 1.82) is 0 Å². The van der Waals surface area contributed by atoms with Crippen LogP contribution in [0, 0.1) is 0 Å². The molecule has 0 unspecified atom stereocenters. The molecule has 0 radical (unpaired) electrons. The van der Waals surface area contributed by atoms with Gasteiger partial charge in [0.15, 0.2) is 5.78 Å². The number of carbonyl (C=O) groups excluding carboxylic acids is 1. The van der Waals surface area contributed by atoms with Gasteiger partial charge in [-0.15, -0.1) is 0 Å². The first kappa shape index (κ1) is 13.2. The summed E-state index contributed by atoms with van der Waals surface area (Å²) in [5.41, 5.74) is 0.653. The summed E-state index contributed by atoms with van der Waals surface area (Å²) in [6.07, 6.45) is 0.473. The van der Waals surface area contributed by atoms with E-state index in [4.69, 9.17) is 11.6 Å². The van der Waals surface area contributed by atoms with Crippen LogP contribution >= 0.6 is 11.6 Å². The average Bonchev–Trinajstić information content (AvgIpc) is 2.16. The van der Waals surface area contributed by atoms with Crippen molar-refractivity contribution in [2.75, 3.05) is 6.54 Å². The van der Waals surface area contributed by atoms with Gasteiger partial charge in [0.05, 0.1) is 5.02 Å². The Labute approximate surface area is 102 Å². The largest absolute Gasteiger partial charge is 0.312 e. The van der Waals surface area contributed by atoms with Gasteiger partial charge in [0.1, 0.15) is 0 Å². The third-order valence-corrected chi connectivity index (χ3v) is 2.51. The zero-order valence-corrected chi connectivity index (χ0v) is 10.8. The predicted octanol–water partition coefficient (Wildman–Crippen LogP) is 3.30. The molecule has 88 valence electrons. The van der Waals surface area contributed by atoms with Crippen LogP contribution in [0.5, 0.6) is 0 Å². The molecule has 1 aromatic rings. The summed E-state index contributed by atoms with van der Waals surface area (Å²) >= 11 is 5.95. The molecule has 1 N–H and O–H groups in total. The van der Waals surface area contributed by atoms with Gasteiger partial charge < -0.3 is 5.32 Å². The fraction of sp³-hybridized carbons (Fsp3) is 0.462. The number of hydrogen-bond acceptors (Lipinski definition) is 2. The Morgan fingerprint density at radius 2 is 1.94 bits per heavy atom. The maximum atomic E-state index is 11.8. The highest BCUT2D eigenvalue weighted by Gasteiger charge is 2.12. The Bertz CT molecular complexity index is 368. The van der Waals surface area contributed by atoms with E-state index in [1.165, 1.54) is 0 Å². The van der Waals surface area contributed by atoms with Crippen LogP contribution < -0.4 is 5.32 Å². The summed E-state index contributed by atoms with van der Waals surface area (Å²) in [5, 5.41) is 3.81. The Morgan fingerprint density at radius 1 is 1.31 bits per heavy atom. The first-order valence-electron chi connectivity index (χ1n) is 5.43. The number of hydrogen-bond donors (Lipinski definition) is 1. The highest BCUT2D eigenvalue weighted by molar-refractivity contribution is 6.33. The number of carbonyl (C=O) groups is 1. The van der Waals surface area contributed by atoms with E-state index >= 15 is 0 Å². The molecule has 0 amide bonds. The molecule has 0 heterocycles. The molecule has 16 heavy (non-hydrogen) atoms. The van der Waals surface area contributed by atoms with Crippen molar-refractivity contribution in [3.63, 3.8) is 0 Å². The summed E-state index contributed by atoms with van der Waals surface area (Å²) < 4.78 is 0. The third kappa shape index (κ3) is 4.33. The number of nitrogens with one attached hydrogen (secondary N) is 1. The van der Waals surface area contributed by atoms with Crippen molar-refractivity contribution < 1.29 is 4.79 Å². The van der Waals surface area contributed by atoms with Gasteiger partial charge in [-0.3, -0.25) is 4.79 Å². The highest BCUT2D eigenvalue weighted by atomic mass is 35.5. The van der Waals surface area contributed by atoms with Crippen molar-refractivity contribution >= 4 is 17.4 Å². The summed E-state index contributed by atoms with van der Waals surface area (Å²) in [5.74, 6) is 0.0855. The molecule has 0 aromatic heterocycles. The van der Waals surface area contributed by atoms with Crippen LogP contribution in [0.4, 0.5) is 0 Å². The summed E-state index contributed by atoms with van der Waals surface area (Å²) in [4.78, 5) is 11.8. The van der Waals surface area contributed by atoms with Crippen LogP contribution in [-0.4, -0.2) is 17.9 Å². The van der Waals surface area contributed by atoms with Gasteiger partial charge in [0.2, 0.25) is 0 Å². The lowest BCUT2D eigenvalue weighted by atomic mass is 10.1. The van der Waals surface area contributed by atoms with E-state index in [1.54, 1.807) is 12.1 Å². The second kappa shape index (κ2) is 5.46. The lowest BCUT2D eigenvalue weighted by molar-refractivity contribution is 0.0981. The van der Waals surface area contributed by atoms with Crippen LogP contribution in [0.2, 0.25) is 5.02 Å². The Hall–Kier alpha value is -0.860. The molecule has 1 rings (SSSR count). The minimum atomic E-state index is 0.0424. The number of halogens is 1. The van der Waals surface area contributed by atoms with Gasteiger partial charge in [-0.05, 0) is 32.9 Å². The number of rotatable bonds is 4. The van der Waals surface area contributed by atoms with Gasteiger partial charge >= 0.3 is 0 Å². The molecule has 0 bridgehead atoms. The standard InChI is InChI=1S/C13H18ClNO/c1-13(2,3)15-9-8-12(16)10-6-4-5-7-11(10)14/h4-7,15H,8-9H2,1-3H3. The van der Waals surface area contributed by atoms with Gasteiger partial charge in [0.25, 0.3) is 0 Å². The Balaban J connectivity index is 2.51. The molecular formula is C13H18ClNO. The van der Waals surface area contributed by atoms with Gasteiger partial charge in [-0.2, -0.15) is 0 Å². The summed E-state index contributed by atoms with van der Waals surface area (Å²) in [6.45, 7) is 6.90. The molecule has 0 saturated carbocycles. The van der Waals surface area contributed by atoms with E-state index in [1.807, 2.05) is 12.1 Å². The van der Waals surface area contributed by atoms with E-state index < -0.39 is 0 Å². The molecule has 3 heteroatoms. The smallest absolute Gasteiger partial charge is 0.165 e. The van der Waals surface area contributed by atoms with E-state index in [0.717, 1.165) is 0 Å². The fourth-order valence-electron chi connectivity index (χ4n) is 1.37. The van der Waals surface area contributed by atoms with E-state index in [2.05, 4.69) is 26.1 Å². The highest BCUT2D eigenvalue weighted by Crippen LogP contribution is 2.16. The quantitative estimate of drug-likeness (QED) is 0.817. The van der Waals surface area contributed by atoms with Crippen LogP contribution in [0.25, 0.3) is 0 Å².